The van der Waals surface area contributed by atoms with Gasteiger partial charge in [0.25, 0.3) is 6.33 Å². The maximum atomic E-state index is 12.1. The summed E-state index contributed by atoms with van der Waals surface area (Å²) in [5.74, 6) is 0.0582. The highest BCUT2D eigenvalue weighted by Crippen LogP contribution is 2.19. The topological polar surface area (TPSA) is 33.8 Å². The first-order valence-corrected chi connectivity index (χ1v) is 7.29. The van der Waals surface area contributed by atoms with E-state index < -0.39 is 0 Å². The molecule has 0 radical (unpaired) electrons. The van der Waals surface area contributed by atoms with E-state index in [4.69, 9.17) is 11.6 Å². The molecule has 0 aliphatic rings. The lowest BCUT2D eigenvalue weighted by Crippen LogP contribution is -2.37. The summed E-state index contributed by atoms with van der Waals surface area (Å²) in [5.41, 5.74) is 2.48. The van der Waals surface area contributed by atoms with Crippen LogP contribution in [0.4, 0.5) is 0 Å². The van der Waals surface area contributed by atoms with Crippen LogP contribution in [0.2, 0.25) is 5.02 Å². The molecule has 0 bridgehead atoms. The molecule has 116 valence electrons. The molecule has 0 saturated carbocycles. The van der Waals surface area contributed by atoms with Gasteiger partial charge in [-0.1, -0.05) is 54.1 Å². The van der Waals surface area contributed by atoms with Crippen LogP contribution in [0, 0.1) is 0 Å². The van der Waals surface area contributed by atoms with Gasteiger partial charge in [-0.2, -0.15) is 0 Å². The van der Waals surface area contributed by atoms with Gasteiger partial charge in [-0.15, -0.1) is 17.0 Å². The third-order valence-electron chi connectivity index (χ3n) is 3.31. The molecule has 3 nitrogen and oxygen atoms in total. The maximum Gasteiger partial charge on any atom is 0.287 e. The molecule has 2 aromatic carbocycles. The van der Waals surface area contributed by atoms with Crippen LogP contribution in [0.15, 0.2) is 73.2 Å². The van der Waals surface area contributed by atoms with Crippen molar-refractivity contribution in [2.24, 2.45) is 0 Å². The minimum absolute atomic E-state index is 0. The van der Waals surface area contributed by atoms with E-state index in [0.29, 0.717) is 10.6 Å². The lowest BCUT2D eigenvalue weighted by Gasteiger charge is -2.01. The number of hydrogen-bond acceptors (Lipinski definition) is 2. The van der Waals surface area contributed by atoms with Gasteiger partial charge in [-0.3, -0.25) is 4.79 Å². The SMILES string of the molecule is Br.O=C(C[n+]1ccc(-c2cccc(Cl)c2)nc1)c1ccccc1. The van der Waals surface area contributed by atoms with Gasteiger partial charge < -0.3 is 0 Å². The second-order valence-corrected chi connectivity index (χ2v) is 5.35. The molecule has 5 heteroatoms. The van der Waals surface area contributed by atoms with Crippen molar-refractivity contribution in [3.05, 3.63) is 83.8 Å². The summed E-state index contributed by atoms with van der Waals surface area (Å²) in [4.78, 5) is 16.5. The fourth-order valence-electron chi connectivity index (χ4n) is 2.18. The number of Topliss-reactive ketones (excluding diaryl/α,β-unsaturated/α-hetero) is 1. The number of carbonyl (C=O) groups is 1. The van der Waals surface area contributed by atoms with Crippen molar-refractivity contribution in [3.63, 3.8) is 0 Å². The Balaban J connectivity index is 0.00000192. The molecule has 0 fully saturated rings. The first kappa shape index (κ1) is 17.3. The number of aromatic nitrogens is 2. The van der Waals surface area contributed by atoms with Crippen LogP contribution in [-0.4, -0.2) is 10.8 Å². The number of rotatable bonds is 4. The first-order valence-electron chi connectivity index (χ1n) is 6.92. The second kappa shape index (κ2) is 7.99. The van der Waals surface area contributed by atoms with Gasteiger partial charge in [-0.05, 0) is 17.1 Å². The third kappa shape index (κ3) is 4.47. The van der Waals surface area contributed by atoms with Crippen molar-refractivity contribution < 1.29 is 9.36 Å². The molecule has 1 heterocycles. The standard InChI is InChI=1S/C18H14ClN2O.BrH/c19-16-8-4-7-15(11-16)17-9-10-21(13-20-17)12-18(22)14-5-2-1-3-6-14;/h1-11,13H,12H2;1H/q+1;. The van der Waals surface area contributed by atoms with Gasteiger partial charge in [0.2, 0.25) is 5.78 Å². The number of hydrogen-bond donors (Lipinski definition) is 0. The quantitative estimate of drug-likeness (QED) is 0.495. The zero-order valence-corrected chi connectivity index (χ0v) is 14.7. The molecule has 0 atom stereocenters. The summed E-state index contributed by atoms with van der Waals surface area (Å²) in [6, 6.07) is 18.7. The molecule has 0 unspecified atom stereocenters. The number of benzene rings is 2. The molecule has 3 rings (SSSR count). The van der Waals surface area contributed by atoms with Crippen molar-refractivity contribution in [1.82, 2.24) is 4.98 Å². The third-order valence-corrected chi connectivity index (χ3v) is 3.55. The molecule has 0 aliphatic carbocycles. The lowest BCUT2D eigenvalue weighted by molar-refractivity contribution is -0.686. The van der Waals surface area contributed by atoms with Gasteiger partial charge >= 0.3 is 0 Å². The minimum atomic E-state index is 0. The highest BCUT2D eigenvalue weighted by Gasteiger charge is 2.11. The normalized spacial score (nSPS) is 9.96. The monoisotopic (exact) mass is 389 g/mol. The van der Waals surface area contributed by atoms with Gasteiger partial charge in [0.05, 0.1) is 6.20 Å². The Bertz CT molecular complexity index is 792. The Morgan fingerprint density at radius 3 is 2.48 bits per heavy atom. The van der Waals surface area contributed by atoms with Gasteiger partial charge in [0.15, 0.2) is 12.2 Å². The Kier molecular flexibility index (Phi) is 6.02. The van der Waals surface area contributed by atoms with Crippen molar-refractivity contribution in [2.75, 3.05) is 0 Å². The average Bonchev–Trinajstić information content (AvgIpc) is 2.56. The molecule has 0 N–H and O–H groups in total. The molecular weight excluding hydrogens is 376 g/mol. The van der Waals surface area contributed by atoms with E-state index in [1.54, 1.807) is 10.9 Å². The molecule has 23 heavy (non-hydrogen) atoms. The van der Waals surface area contributed by atoms with E-state index >= 15 is 0 Å². The number of carbonyl (C=O) groups excluding carboxylic acids is 1. The maximum absolute atomic E-state index is 12.1. The smallest absolute Gasteiger partial charge is 0.287 e. The highest BCUT2D eigenvalue weighted by molar-refractivity contribution is 8.93. The predicted octanol–water partition coefficient (Wildman–Crippen LogP) is 4.15. The molecule has 0 spiro atoms. The highest BCUT2D eigenvalue weighted by atomic mass is 79.9. The zero-order chi connectivity index (χ0) is 15.4. The lowest BCUT2D eigenvalue weighted by atomic mass is 10.1. The summed E-state index contributed by atoms with van der Waals surface area (Å²) in [5, 5.41) is 0.676. The van der Waals surface area contributed by atoms with Gasteiger partial charge in [0, 0.05) is 22.2 Å². The molecule has 3 aromatic rings. The Morgan fingerprint density at radius 1 is 1.04 bits per heavy atom. The largest absolute Gasteiger partial charge is 0.290 e. The van der Waals surface area contributed by atoms with Crippen LogP contribution in [0.3, 0.4) is 0 Å². The number of nitrogens with zero attached hydrogens (tertiary/aromatic N) is 2. The van der Waals surface area contributed by atoms with E-state index in [0.717, 1.165) is 11.3 Å². The predicted molar refractivity (Wildman–Crippen MR) is 96.0 cm³/mol. The summed E-state index contributed by atoms with van der Waals surface area (Å²) >= 11 is 5.99. The Hall–Kier alpha value is -2.04. The number of halogens is 2. The summed E-state index contributed by atoms with van der Waals surface area (Å²) in [7, 11) is 0. The van der Waals surface area contributed by atoms with E-state index in [-0.39, 0.29) is 29.3 Å². The van der Waals surface area contributed by atoms with Crippen LogP contribution < -0.4 is 4.57 Å². The van der Waals surface area contributed by atoms with Gasteiger partial charge in [0.1, 0.15) is 0 Å². The Morgan fingerprint density at radius 2 is 1.83 bits per heavy atom. The molecule has 1 aromatic heterocycles. The Labute approximate surface area is 150 Å². The van der Waals surface area contributed by atoms with E-state index in [1.807, 2.05) is 66.9 Å². The fraction of sp³-hybridized carbons (Fsp3) is 0.0556. The summed E-state index contributed by atoms with van der Waals surface area (Å²) in [6.45, 7) is 0.271. The fourth-order valence-corrected chi connectivity index (χ4v) is 2.37. The van der Waals surface area contributed by atoms with Crippen molar-refractivity contribution in [3.8, 4) is 11.3 Å². The van der Waals surface area contributed by atoms with Gasteiger partial charge in [-0.25, -0.2) is 4.57 Å². The van der Waals surface area contributed by atoms with Crippen molar-refractivity contribution in [1.29, 1.82) is 0 Å². The second-order valence-electron chi connectivity index (χ2n) is 4.92. The summed E-state index contributed by atoms with van der Waals surface area (Å²) < 4.78 is 1.77. The van der Waals surface area contributed by atoms with Crippen LogP contribution in [0.5, 0.6) is 0 Å². The average molecular weight is 391 g/mol. The number of ketones is 1. The minimum Gasteiger partial charge on any atom is -0.290 e. The van der Waals surface area contributed by atoms with Crippen LogP contribution in [0.1, 0.15) is 10.4 Å². The summed E-state index contributed by atoms with van der Waals surface area (Å²) in [6.07, 6.45) is 3.52. The molecule has 0 amide bonds. The zero-order valence-electron chi connectivity index (χ0n) is 12.2. The van der Waals surface area contributed by atoms with Crippen molar-refractivity contribution in [2.45, 2.75) is 6.54 Å². The first-order chi connectivity index (χ1) is 10.7. The van der Waals surface area contributed by atoms with E-state index in [2.05, 4.69) is 4.98 Å². The molecular formula is C18H15BrClN2O+. The van der Waals surface area contributed by atoms with Crippen LogP contribution in [-0.2, 0) is 6.54 Å². The van der Waals surface area contributed by atoms with Crippen LogP contribution >= 0.6 is 28.6 Å². The molecule has 0 aliphatic heterocycles. The van der Waals surface area contributed by atoms with Crippen molar-refractivity contribution >= 4 is 34.4 Å². The van der Waals surface area contributed by atoms with E-state index in [9.17, 15) is 4.79 Å². The van der Waals surface area contributed by atoms with Crippen LogP contribution in [0.25, 0.3) is 11.3 Å². The van der Waals surface area contributed by atoms with E-state index in [1.165, 1.54) is 0 Å². The molecule has 0 saturated heterocycles.